The van der Waals surface area contributed by atoms with Gasteiger partial charge in [0.05, 0.1) is 0 Å². The van der Waals surface area contributed by atoms with Crippen LogP contribution in [-0.2, 0) is 19.1 Å². The van der Waals surface area contributed by atoms with Crippen LogP contribution in [0.1, 0.15) is 47.0 Å². The molecular weight excluding hydrogens is 260 g/mol. The van der Waals surface area contributed by atoms with Gasteiger partial charge in [0.1, 0.15) is 12.2 Å². The molecule has 5 heteroatoms. The number of carbonyl (C=O) groups excluding carboxylic acids is 2. The van der Waals surface area contributed by atoms with Gasteiger partial charge in [-0.25, -0.2) is 9.59 Å². The molecule has 0 aromatic heterocycles. The van der Waals surface area contributed by atoms with E-state index >= 15 is 0 Å². The van der Waals surface area contributed by atoms with Gasteiger partial charge >= 0.3 is 11.9 Å². The van der Waals surface area contributed by atoms with E-state index in [1.165, 1.54) is 6.92 Å². The van der Waals surface area contributed by atoms with Crippen LogP contribution in [0, 0.1) is 17.8 Å². The summed E-state index contributed by atoms with van der Waals surface area (Å²) in [6, 6.07) is 0. The van der Waals surface area contributed by atoms with Crippen LogP contribution >= 0.6 is 0 Å². The highest BCUT2D eigenvalue weighted by atomic mass is 16.6. The summed E-state index contributed by atoms with van der Waals surface area (Å²) in [7, 11) is 0. The average Bonchev–Trinajstić information content (AvgIpc) is 2.35. The van der Waals surface area contributed by atoms with Crippen molar-refractivity contribution >= 4 is 11.9 Å². The predicted molar refractivity (Wildman–Crippen MR) is 73.9 cm³/mol. The maximum absolute atomic E-state index is 11.7. The molecule has 1 aliphatic carbocycles. The van der Waals surface area contributed by atoms with E-state index in [4.69, 9.17) is 9.84 Å². The van der Waals surface area contributed by atoms with Crippen molar-refractivity contribution in [1.29, 1.82) is 0 Å². The standard InChI is InChI=1S/C15H26O5/c1-9(2)12-6-5-10(3)7-13(12)20-14(17)8-19-15(18)11(4)16/h9-13,16H,5-8H2,1-4H3/t10-,11-,12+,13-/m1/s1. The van der Waals surface area contributed by atoms with E-state index in [0.717, 1.165) is 19.3 Å². The second-order valence-corrected chi connectivity index (χ2v) is 6.14. The summed E-state index contributed by atoms with van der Waals surface area (Å²) in [5.74, 6) is 0.0221. The number of aliphatic hydroxyl groups is 1. The average molecular weight is 286 g/mol. The summed E-state index contributed by atoms with van der Waals surface area (Å²) in [6.07, 6.45) is 1.76. The van der Waals surface area contributed by atoms with Crippen molar-refractivity contribution in [1.82, 2.24) is 0 Å². The Labute approximate surface area is 120 Å². The first-order valence-corrected chi connectivity index (χ1v) is 7.35. The topological polar surface area (TPSA) is 72.8 Å². The van der Waals surface area contributed by atoms with Crippen LogP contribution in [0.25, 0.3) is 0 Å². The van der Waals surface area contributed by atoms with Crippen molar-refractivity contribution in [3.05, 3.63) is 0 Å². The van der Waals surface area contributed by atoms with Gasteiger partial charge in [0, 0.05) is 0 Å². The Hall–Kier alpha value is -1.10. The van der Waals surface area contributed by atoms with Gasteiger partial charge in [-0.05, 0) is 37.5 Å². The third-order valence-electron chi connectivity index (χ3n) is 3.92. The first-order chi connectivity index (χ1) is 9.31. The van der Waals surface area contributed by atoms with Crippen LogP contribution in [-0.4, -0.2) is 35.9 Å². The van der Waals surface area contributed by atoms with E-state index in [1.807, 2.05) is 0 Å². The first-order valence-electron chi connectivity index (χ1n) is 7.35. The Morgan fingerprint density at radius 2 is 1.90 bits per heavy atom. The highest BCUT2D eigenvalue weighted by molar-refractivity contribution is 5.78. The number of aliphatic hydroxyl groups excluding tert-OH is 1. The molecule has 1 N–H and O–H groups in total. The highest BCUT2D eigenvalue weighted by Crippen LogP contribution is 2.35. The fourth-order valence-electron chi connectivity index (χ4n) is 2.70. The molecular formula is C15H26O5. The minimum atomic E-state index is -1.22. The van der Waals surface area contributed by atoms with E-state index in [2.05, 4.69) is 25.5 Å². The van der Waals surface area contributed by atoms with E-state index in [-0.39, 0.29) is 6.10 Å². The van der Waals surface area contributed by atoms with Gasteiger partial charge in [-0.1, -0.05) is 27.2 Å². The van der Waals surface area contributed by atoms with Crippen molar-refractivity contribution in [2.75, 3.05) is 6.61 Å². The smallest absolute Gasteiger partial charge is 0.344 e. The van der Waals surface area contributed by atoms with Gasteiger partial charge in [0.25, 0.3) is 0 Å². The Morgan fingerprint density at radius 3 is 2.45 bits per heavy atom. The second-order valence-electron chi connectivity index (χ2n) is 6.14. The van der Waals surface area contributed by atoms with Crippen LogP contribution in [0.2, 0.25) is 0 Å². The summed E-state index contributed by atoms with van der Waals surface area (Å²) in [4.78, 5) is 22.8. The maximum atomic E-state index is 11.7. The van der Waals surface area contributed by atoms with Crippen molar-refractivity contribution < 1.29 is 24.2 Å². The second kappa shape index (κ2) is 7.62. The minimum Gasteiger partial charge on any atom is -0.460 e. The Bertz CT molecular complexity index is 337. The molecule has 0 aromatic rings. The number of rotatable bonds is 5. The molecule has 5 nitrogen and oxygen atoms in total. The molecule has 1 rings (SSSR count). The molecule has 0 amide bonds. The summed E-state index contributed by atoms with van der Waals surface area (Å²) in [6.45, 7) is 7.29. The molecule has 4 atom stereocenters. The zero-order chi connectivity index (χ0) is 15.3. The normalized spacial score (nSPS) is 28.0. The Morgan fingerprint density at radius 1 is 1.25 bits per heavy atom. The molecule has 0 bridgehead atoms. The summed E-state index contributed by atoms with van der Waals surface area (Å²) >= 11 is 0. The molecule has 0 saturated heterocycles. The van der Waals surface area contributed by atoms with Crippen LogP contribution < -0.4 is 0 Å². The molecule has 1 aliphatic rings. The Balaban J connectivity index is 2.47. The molecule has 1 fully saturated rings. The third-order valence-corrected chi connectivity index (χ3v) is 3.92. The molecule has 20 heavy (non-hydrogen) atoms. The molecule has 116 valence electrons. The van der Waals surface area contributed by atoms with E-state index in [0.29, 0.717) is 17.8 Å². The number of hydrogen-bond donors (Lipinski definition) is 1. The van der Waals surface area contributed by atoms with Gasteiger partial charge in [0.15, 0.2) is 6.61 Å². The van der Waals surface area contributed by atoms with E-state index in [9.17, 15) is 9.59 Å². The molecule has 0 spiro atoms. The third kappa shape index (κ3) is 5.12. The molecule has 0 radical (unpaired) electrons. The van der Waals surface area contributed by atoms with Gasteiger partial charge in [-0.15, -0.1) is 0 Å². The molecule has 0 unspecified atom stereocenters. The maximum Gasteiger partial charge on any atom is 0.344 e. The minimum absolute atomic E-state index is 0.100. The highest BCUT2D eigenvalue weighted by Gasteiger charge is 2.33. The van der Waals surface area contributed by atoms with Crippen molar-refractivity contribution in [2.24, 2.45) is 17.8 Å². The van der Waals surface area contributed by atoms with E-state index < -0.39 is 24.6 Å². The lowest BCUT2D eigenvalue weighted by Gasteiger charge is -2.36. The largest absolute Gasteiger partial charge is 0.460 e. The molecule has 1 saturated carbocycles. The molecule has 0 aliphatic heterocycles. The van der Waals surface area contributed by atoms with E-state index in [1.54, 1.807) is 0 Å². The van der Waals surface area contributed by atoms with Gasteiger partial charge in [0.2, 0.25) is 0 Å². The first kappa shape index (κ1) is 17.0. The fraction of sp³-hybridized carbons (Fsp3) is 0.867. The number of ether oxygens (including phenoxy) is 2. The zero-order valence-corrected chi connectivity index (χ0v) is 12.8. The van der Waals surface area contributed by atoms with Crippen molar-refractivity contribution in [3.63, 3.8) is 0 Å². The number of hydrogen-bond acceptors (Lipinski definition) is 5. The molecule has 0 aromatic carbocycles. The summed E-state index contributed by atoms with van der Waals surface area (Å²) < 4.78 is 10.1. The SMILES string of the molecule is CC(C)[C@@H]1CC[C@@H](C)C[C@H]1OC(=O)COC(=O)[C@@H](C)O. The summed E-state index contributed by atoms with van der Waals surface area (Å²) in [5.41, 5.74) is 0. The van der Waals surface area contributed by atoms with Crippen molar-refractivity contribution in [3.8, 4) is 0 Å². The van der Waals surface area contributed by atoms with Crippen molar-refractivity contribution in [2.45, 2.75) is 59.2 Å². The lowest BCUT2D eigenvalue weighted by atomic mass is 9.75. The number of esters is 2. The predicted octanol–water partition coefficient (Wildman–Crippen LogP) is 1.91. The monoisotopic (exact) mass is 286 g/mol. The quantitative estimate of drug-likeness (QED) is 0.782. The zero-order valence-electron chi connectivity index (χ0n) is 12.8. The lowest BCUT2D eigenvalue weighted by Crippen LogP contribution is -2.37. The molecule has 0 heterocycles. The van der Waals surface area contributed by atoms with Gasteiger partial charge in [-0.2, -0.15) is 0 Å². The van der Waals surface area contributed by atoms with Crippen LogP contribution in [0.15, 0.2) is 0 Å². The fourth-order valence-corrected chi connectivity index (χ4v) is 2.70. The van der Waals surface area contributed by atoms with Gasteiger partial charge < -0.3 is 14.6 Å². The van der Waals surface area contributed by atoms with Crippen LogP contribution in [0.4, 0.5) is 0 Å². The van der Waals surface area contributed by atoms with Crippen LogP contribution in [0.3, 0.4) is 0 Å². The van der Waals surface area contributed by atoms with Crippen LogP contribution in [0.5, 0.6) is 0 Å². The lowest BCUT2D eigenvalue weighted by molar-refractivity contribution is -0.170. The Kier molecular flexibility index (Phi) is 6.46. The number of carbonyl (C=O) groups is 2. The summed E-state index contributed by atoms with van der Waals surface area (Å²) in [5, 5.41) is 8.98. The van der Waals surface area contributed by atoms with Gasteiger partial charge in [-0.3, -0.25) is 0 Å².